The van der Waals surface area contributed by atoms with Gasteiger partial charge < -0.3 is 9.73 Å². The molecule has 0 unspecified atom stereocenters. The van der Waals surface area contributed by atoms with Gasteiger partial charge in [-0.15, -0.1) is 0 Å². The summed E-state index contributed by atoms with van der Waals surface area (Å²) in [5.41, 5.74) is 1.10. The molecule has 0 atom stereocenters. The van der Waals surface area contributed by atoms with Crippen molar-refractivity contribution in [1.29, 1.82) is 0 Å². The second kappa shape index (κ2) is 6.02. The maximum absolute atomic E-state index is 12.2. The third kappa shape index (κ3) is 3.35. The van der Waals surface area contributed by atoms with Crippen molar-refractivity contribution in [3.8, 4) is 0 Å². The summed E-state index contributed by atoms with van der Waals surface area (Å²) in [6.45, 7) is 0. The van der Waals surface area contributed by atoms with Crippen molar-refractivity contribution >= 4 is 44.1 Å². The average Bonchev–Trinajstić information content (AvgIpc) is 2.94. The molecule has 0 saturated heterocycles. The number of sulfone groups is 1. The fourth-order valence-electron chi connectivity index (χ4n) is 1.97. The number of benzene rings is 2. The minimum absolute atomic E-state index is 0.320. The van der Waals surface area contributed by atoms with Gasteiger partial charge in [-0.25, -0.2) is 8.42 Å². The van der Waals surface area contributed by atoms with Gasteiger partial charge >= 0.3 is 5.22 Å². The van der Waals surface area contributed by atoms with Crippen LogP contribution in [0.15, 0.2) is 58.2 Å². The van der Waals surface area contributed by atoms with Crippen molar-refractivity contribution in [1.82, 2.24) is 4.98 Å². The SMILES string of the molecule is O=C(CS(=O)(=O)c1nc2ccccc2o1)Nc1ccccc1Cl. The van der Waals surface area contributed by atoms with Gasteiger partial charge in [0.1, 0.15) is 11.3 Å². The number of amides is 1. The topological polar surface area (TPSA) is 89.3 Å². The number of carbonyl (C=O) groups is 1. The standard InChI is InChI=1S/C15H11ClN2O4S/c16-10-5-1-2-6-11(10)17-14(19)9-23(20,21)15-18-12-7-3-4-8-13(12)22-15/h1-8H,9H2,(H,17,19). The van der Waals surface area contributed by atoms with Crippen LogP contribution in [0.5, 0.6) is 0 Å². The number of hydrogen-bond acceptors (Lipinski definition) is 5. The monoisotopic (exact) mass is 350 g/mol. The number of para-hydroxylation sites is 3. The van der Waals surface area contributed by atoms with Crippen molar-refractivity contribution in [3.63, 3.8) is 0 Å². The molecular weight excluding hydrogens is 340 g/mol. The summed E-state index contributed by atoms with van der Waals surface area (Å²) in [6, 6.07) is 13.2. The first-order valence-corrected chi connectivity index (χ1v) is 8.61. The molecule has 0 aliphatic carbocycles. The number of oxazole rings is 1. The fraction of sp³-hybridized carbons (Fsp3) is 0.0667. The molecule has 0 aliphatic rings. The maximum atomic E-state index is 12.2. The number of aromatic nitrogens is 1. The lowest BCUT2D eigenvalue weighted by Gasteiger charge is -2.06. The highest BCUT2D eigenvalue weighted by Crippen LogP contribution is 2.22. The van der Waals surface area contributed by atoms with Crippen LogP contribution >= 0.6 is 11.6 Å². The zero-order valence-corrected chi connectivity index (χ0v) is 13.3. The molecule has 3 aromatic rings. The van der Waals surface area contributed by atoms with Gasteiger partial charge in [0.2, 0.25) is 15.7 Å². The Labute approximate surface area is 137 Å². The van der Waals surface area contributed by atoms with E-state index in [-0.39, 0.29) is 0 Å². The van der Waals surface area contributed by atoms with Gasteiger partial charge in [0.15, 0.2) is 5.58 Å². The number of fused-ring (bicyclic) bond motifs is 1. The quantitative estimate of drug-likeness (QED) is 0.781. The van der Waals surface area contributed by atoms with Gasteiger partial charge in [-0.2, -0.15) is 4.98 Å². The number of carbonyl (C=O) groups excluding carboxylic acids is 1. The molecule has 118 valence electrons. The molecule has 23 heavy (non-hydrogen) atoms. The number of rotatable bonds is 4. The zero-order chi connectivity index (χ0) is 16.4. The minimum Gasteiger partial charge on any atom is -0.428 e. The lowest BCUT2D eigenvalue weighted by atomic mass is 10.3. The molecule has 3 rings (SSSR count). The Balaban J connectivity index is 1.80. The Bertz CT molecular complexity index is 949. The van der Waals surface area contributed by atoms with Gasteiger partial charge in [-0.1, -0.05) is 35.9 Å². The predicted octanol–water partition coefficient (Wildman–Crippen LogP) is 2.89. The second-order valence-corrected chi connectivity index (χ2v) is 7.01. The molecule has 2 aromatic carbocycles. The van der Waals surface area contributed by atoms with E-state index in [4.69, 9.17) is 16.0 Å². The van der Waals surface area contributed by atoms with E-state index >= 15 is 0 Å². The van der Waals surface area contributed by atoms with E-state index in [9.17, 15) is 13.2 Å². The highest BCUT2D eigenvalue weighted by atomic mass is 35.5. The van der Waals surface area contributed by atoms with E-state index in [2.05, 4.69) is 10.3 Å². The summed E-state index contributed by atoms with van der Waals surface area (Å²) in [7, 11) is -3.99. The number of nitrogens with one attached hydrogen (secondary N) is 1. The molecule has 6 nitrogen and oxygen atoms in total. The van der Waals surface area contributed by atoms with Crippen LogP contribution < -0.4 is 5.32 Å². The highest BCUT2D eigenvalue weighted by Gasteiger charge is 2.25. The van der Waals surface area contributed by atoms with Crippen molar-refractivity contribution in [2.24, 2.45) is 0 Å². The first kappa shape index (κ1) is 15.5. The first-order valence-electron chi connectivity index (χ1n) is 6.58. The Morgan fingerprint density at radius 2 is 1.83 bits per heavy atom. The molecule has 0 spiro atoms. The molecule has 0 aliphatic heterocycles. The molecule has 8 heteroatoms. The number of anilines is 1. The minimum atomic E-state index is -3.99. The van der Waals surface area contributed by atoms with Crippen molar-refractivity contribution in [2.45, 2.75) is 5.22 Å². The van der Waals surface area contributed by atoms with Gasteiger partial charge in [-0.05, 0) is 24.3 Å². The summed E-state index contributed by atoms with van der Waals surface area (Å²) in [6.07, 6.45) is 0. The number of halogens is 1. The van der Waals surface area contributed by atoms with E-state index in [1.807, 2.05) is 0 Å². The molecule has 1 N–H and O–H groups in total. The number of hydrogen-bond donors (Lipinski definition) is 1. The van der Waals surface area contributed by atoms with Crippen molar-refractivity contribution < 1.29 is 17.6 Å². The van der Waals surface area contributed by atoms with Gasteiger partial charge in [0.25, 0.3) is 0 Å². The van der Waals surface area contributed by atoms with E-state index in [1.165, 1.54) is 0 Å². The molecule has 1 aromatic heterocycles. The van der Waals surface area contributed by atoms with E-state index < -0.39 is 26.7 Å². The Kier molecular flexibility index (Phi) is 4.06. The van der Waals surface area contributed by atoms with Crippen LogP contribution in [0.25, 0.3) is 11.1 Å². The van der Waals surface area contributed by atoms with Crippen LogP contribution in [0.2, 0.25) is 5.02 Å². The molecule has 0 radical (unpaired) electrons. The summed E-state index contributed by atoms with van der Waals surface area (Å²) >= 11 is 5.91. The van der Waals surface area contributed by atoms with E-state index in [0.29, 0.717) is 21.8 Å². The van der Waals surface area contributed by atoms with Gasteiger partial charge in [-0.3, -0.25) is 4.79 Å². The smallest absolute Gasteiger partial charge is 0.316 e. The summed E-state index contributed by atoms with van der Waals surface area (Å²) in [5.74, 6) is -1.51. The lowest BCUT2D eigenvalue weighted by molar-refractivity contribution is -0.113. The third-order valence-corrected chi connectivity index (χ3v) is 4.69. The molecule has 0 fully saturated rings. The van der Waals surface area contributed by atoms with E-state index in [0.717, 1.165) is 0 Å². The summed E-state index contributed by atoms with van der Waals surface area (Å²) < 4.78 is 29.7. The molecule has 1 amide bonds. The summed E-state index contributed by atoms with van der Waals surface area (Å²) in [4.78, 5) is 15.9. The van der Waals surface area contributed by atoms with Crippen molar-refractivity contribution in [2.75, 3.05) is 11.1 Å². The van der Waals surface area contributed by atoms with Crippen LogP contribution in [0.4, 0.5) is 5.69 Å². The number of nitrogens with zero attached hydrogens (tertiary/aromatic N) is 1. The van der Waals surface area contributed by atoms with Crippen LogP contribution in [-0.2, 0) is 14.6 Å². The molecule has 0 saturated carbocycles. The highest BCUT2D eigenvalue weighted by molar-refractivity contribution is 7.91. The van der Waals surface area contributed by atoms with E-state index in [1.54, 1.807) is 48.5 Å². The largest absolute Gasteiger partial charge is 0.428 e. The molecule has 1 heterocycles. The van der Waals surface area contributed by atoms with Crippen LogP contribution in [-0.4, -0.2) is 25.1 Å². The lowest BCUT2D eigenvalue weighted by Crippen LogP contribution is -2.23. The Morgan fingerprint density at radius 1 is 1.13 bits per heavy atom. The molecular formula is C15H11ClN2O4S. The summed E-state index contributed by atoms with van der Waals surface area (Å²) in [5, 5.41) is 2.29. The zero-order valence-electron chi connectivity index (χ0n) is 11.7. The second-order valence-electron chi connectivity index (χ2n) is 4.73. The Hall–Kier alpha value is -2.38. The normalized spacial score (nSPS) is 11.5. The van der Waals surface area contributed by atoms with Crippen molar-refractivity contribution in [3.05, 3.63) is 53.6 Å². The average molecular weight is 351 g/mol. The van der Waals surface area contributed by atoms with Crippen LogP contribution in [0, 0.1) is 0 Å². The van der Waals surface area contributed by atoms with Gasteiger partial charge in [0.05, 0.1) is 10.7 Å². The van der Waals surface area contributed by atoms with Crippen LogP contribution in [0.3, 0.4) is 0 Å². The fourth-order valence-corrected chi connectivity index (χ4v) is 3.15. The predicted molar refractivity (Wildman–Crippen MR) is 86.1 cm³/mol. The Morgan fingerprint density at radius 3 is 2.57 bits per heavy atom. The third-order valence-electron chi connectivity index (χ3n) is 3.01. The maximum Gasteiger partial charge on any atom is 0.316 e. The van der Waals surface area contributed by atoms with Gasteiger partial charge in [0, 0.05) is 0 Å². The van der Waals surface area contributed by atoms with Crippen LogP contribution in [0.1, 0.15) is 0 Å². The molecule has 0 bridgehead atoms. The first-order chi connectivity index (χ1) is 11.0.